The number of benzene rings is 1. The molecular weight excluding hydrogens is 263 g/mol. The lowest BCUT2D eigenvalue weighted by atomic mass is 9.82. The smallest absolute Gasteiger partial charge is 0.382 e. The van der Waals surface area contributed by atoms with Gasteiger partial charge in [0.2, 0.25) is 0 Å². The Morgan fingerprint density at radius 2 is 1.80 bits per heavy atom. The monoisotopic (exact) mass is 283 g/mol. The van der Waals surface area contributed by atoms with E-state index in [1.54, 1.807) is 6.07 Å². The van der Waals surface area contributed by atoms with Crippen LogP contribution in [-0.4, -0.2) is 6.04 Å². The minimum Gasteiger partial charge on any atom is -0.382 e. The minimum atomic E-state index is -4.26. The highest BCUT2D eigenvalue weighted by molar-refractivity contribution is 5.47. The van der Waals surface area contributed by atoms with Crippen molar-refractivity contribution in [2.24, 2.45) is 11.8 Å². The molecule has 1 aromatic rings. The molecule has 2 atom stereocenters. The van der Waals surface area contributed by atoms with Gasteiger partial charge in [-0.05, 0) is 55.7 Å². The van der Waals surface area contributed by atoms with E-state index >= 15 is 0 Å². The van der Waals surface area contributed by atoms with Gasteiger partial charge in [0.15, 0.2) is 0 Å². The molecule has 2 unspecified atom stereocenters. The van der Waals surface area contributed by atoms with Crippen LogP contribution in [0.1, 0.15) is 44.1 Å². The molecule has 1 N–H and O–H groups in total. The first kappa shape index (κ1) is 13.8. The second kappa shape index (κ2) is 5.30. The molecule has 0 amide bonds. The lowest BCUT2D eigenvalue weighted by Gasteiger charge is -2.30. The van der Waals surface area contributed by atoms with Gasteiger partial charge in [-0.15, -0.1) is 0 Å². The van der Waals surface area contributed by atoms with Crippen molar-refractivity contribution in [2.75, 3.05) is 5.32 Å². The third-order valence-electron chi connectivity index (χ3n) is 4.56. The van der Waals surface area contributed by atoms with Gasteiger partial charge in [-0.1, -0.05) is 18.9 Å². The molecule has 0 aliphatic heterocycles. The van der Waals surface area contributed by atoms with Gasteiger partial charge in [0, 0.05) is 11.7 Å². The Morgan fingerprint density at radius 1 is 1.00 bits per heavy atom. The number of alkyl halides is 3. The van der Waals surface area contributed by atoms with Gasteiger partial charge in [-0.25, -0.2) is 0 Å². The van der Waals surface area contributed by atoms with Crippen LogP contribution >= 0.6 is 0 Å². The average Bonchev–Trinajstić information content (AvgIpc) is 3.23. The van der Waals surface area contributed by atoms with Crippen molar-refractivity contribution in [3.05, 3.63) is 29.8 Å². The van der Waals surface area contributed by atoms with E-state index in [9.17, 15) is 13.2 Å². The van der Waals surface area contributed by atoms with Crippen molar-refractivity contribution in [1.82, 2.24) is 0 Å². The van der Waals surface area contributed by atoms with Crippen molar-refractivity contribution in [3.8, 4) is 0 Å². The molecule has 4 heteroatoms. The average molecular weight is 283 g/mol. The van der Waals surface area contributed by atoms with Crippen molar-refractivity contribution in [3.63, 3.8) is 0 Å². The summed E-state index contributed by atoms with van der Waals surface area (Å²) in [6.45, 7) is 0. The highest BCUT2D eigenvalue weighted by Gasteiger charge is 2.35. The molecule has 0 radical (unpaired) electrons. The number of rotatable bonds is 3. The molecule has 110 valence electrons. The zero-order valence-electron chi connectivity index (χ0n) is 11.4. The fourth-order valence-corrected chi connectivity index (χ4v) is 3.38. The van der Waals surface area contributed by atoms with E-state index in [0.29, 0.717) is 11.7 Å². The number of halogens is 3. The summed E-state index contributed by atoms with van der Waals surface area (Å²) in [5.74, 6) is 1.67. The third-order valence-corrected chi connectivity index (χ3v) is 4.56. The third kappa shape index (κ3) is 3.28. The van der Waals surface area contributed by atoms with Crippen LogP contribution in [0.25, 0.3) is 0 Å². The van der Waals surface area contributed by atoms with Crippen molar-refractivity contribution in [2.45, 2.75) is 50.7 Å². The summed E-state index contributed by atoms with van der Waals surface area (Å²) in [4.78, 5) is 0. The van der Waals surface area contributed by atoms with Crippen LogP contribution in [0.5, 0.6) is 0 Å². The highest BCUT2D eigenvalue weighted by atomic mass is 19.4. The quantitative estimate of drug-likeness (QED) is 0.815. The minimum absolute atomic E-state index is 0.331. The summed E-state index contributed by atoms with van der Waals surface area (Å²) >= 11 is 0. The van der Waals surface area contributed by atoms with Crippen molar-refractivity contribution >= 4 is 5.69 Å². The lowest BCUT2D eigenvalue weighted by Crippen LogP contribution is -2.28. The molecule has 0 saturated heterocycles. The van der Waals surface area contributed by atoms with Gasteiger partial charge >= 0.3 is 6.18 Å². The van der Waals surface area contributed by atoms with Gasteiger partial charge < -0.3 is 5.32 Å². The SMILES string of the molecule is FC(F)(F)c1cccc(NC2CCCC(C3CC3)C2)c1. The molecule has 2 saturated carbocycles. The van der Waals surface area contributed by atoms with E-state index in [1.165, 1.54) is 37.8 Å². The van der Waals surface area contributed by atoms with Crippen LogP contribution < -0.4 is 5.32 Å². The molecular formula is C16H20F3N. The number of nitrogens with one attached hydrogen (secondary N) is 1. The molecule has 0 bridgehead atoms. The maximum atomic E-state index is 12.7. The van der Waals surface area contributed by atoms with Crippen LogP contribution in [0.2, 0.25) is 0 Å². The first-order chi connectivity index (χ1) is 9.52. The molecule has 0 spiro atoms. The van der Waals surface area contributed by atoms with Crippen LogP contribution in [0.3, 0.4) is 0 Å². The Morgan fingerprint density at radius 3 is 2.50 bits per heavy atom. The standard InChI is InChI=1S/C16H20F3N/c17-16(18,19)13-4-2-6-15(10-13)20-14-5-1-3-12(9-14)11-7-8-11/h2,4,6,10-12,14,20H,1,3,5,7-9H2. The first-order valence-corrected chi connectivity index (χ1v) is 7.46. The first-order valence-electron chi connectivity index (χ1n) is 7.46. The van der Waals surface area contributed by atoms with Gasteiger partial charge in [0.1, 0.15) is 0 Å². The normalized spacial score (nSPS) is 27.4. The predicted octanol–water partition coefficient (Wildman–Crippen LogP) is 5.09. The van der Waals surface area contributed by atoms with E-state index < -0.39 is 11.7 Å². The van der Waals surface area contributed by atoms with Crippen LogP contribution in [0.4, 0.5) is 18.9 Å². The summed E-state index contributed by atoms with van der Waals surface area (Å²) in [6, 6.07) is 5.89. The van der Waals surface area contributed by atoms with E-state index in [4.69, 9.17) is 0 Å². The second-order valence-electron chi connectivity index (χ2n) is 6.18. The zero-order chi connectivity index (χ0) is 14.2. The second-order valence-corrected chi connectivity index (χ2v) is 6.18. The maximum absolute atomic E-state index is 12.7. The van der Waals surface area contributed by atoms with E-state index in [2.05, 4.69) is 5.32 Å². The molecule has 3 rings (SSSR count). The van der Waals surface area contributed by atoms with Crippen molar-refractivity contribution in [1.29, 1.82) is 0 Å². The van der Waals surface area contributed by atoms with Crippen LogP contribution in [-0.2, 0) is 6.18 Å². The summed E-state index contributed by atoms with van der Waals surface area (Å²) < 4.78 is 38.1. The molecule has 2 fully saturated rings. The summed E-state index contributed by atoms with van der Waals surface area (Å²) in [6.07, 6.45) is 3.10. The number of anilines is 1. The van der Waals surface area contributed by atoms with E-state index in [1.807, 2.05) is 0 Å². The van der Waals surface area contributed by atoms with Crippen LogP contribution in [0, 0.1) is 11.8 Å². The number of hydrogen-bond acceptors (Lipinski definition) is 1. The Balaban J connectivity index is 1.65. The fraction of sp³-hybridized carbons (Fsp3) is 0.625. The molecule has 1 aromatic carbocycles. The van der Waals surface area contributed by atoms with E-state index in [0.717, 1.165) is 30.7 Å². The number of hydrogen-bond donors (Lipinski definition) is 1. The molecule has 2 aliphatic carbocycles. The largest absolute Gasteiger partial charge is 0.416 e. The zero-order valence-corrected chi connectivity index (χ0v) is 11.4. The van der Waals surface area contributed by atoms with Crippen LogP contribution in [0.15, 0.2) is 24.3 Å². The van der Waals surface area contributed by atoms with Gasteiger partial charge in [0.25, 0.3) is 0 Å². The lowest BCUT2D eigenvalue weighted by molar-refractivity contribution is -0.137. The molecule has 0 aromatic heterocycles. The molecule has 2 aliphatic rings. The van der Waals surface area contributed by atoms with Gasteiger partial charge in [-0.3, -0.25) is 0 Å². The van der Waals surface area contributed by atoms with Crippen molar-refractivity contribution < 1.29 is 13.2 Å². The van der Waals surface area contributed by atoms with E-state index in [-0.39, 0.29) is 0 Å². The molecule has 1 nitrogen and oxygen atoms in total. The fourth-order valence-electron chi connectivity index (χ4n) is 3.38. The molecule has 0 heterocycles. The Labute approximate surface area is 117 Å². The summed E-state index contributed by atoms with van der Waals surface area (Å²) in [5, 5.41) is 3.31. The summed E-state index contributed by atoms with van der Waals surface area (Å²) in [7, 11) is 0. The summed E-state index contributed by atoms with van der Waals surface area (Å²) in [5.41, 5.74) is 0.0262. The Kier molecular flexibility index (Phi) is 3.65. The maximum Gasteiger partial charge on any atom is 0.416 e. The van der Waals surface area contributed by atoms with Gasteiger partial charge in [-0.2, -0.15) is 13.2 Å². The predicted molar refractivity (Wildman–Crippen MR) is 73.5 cm³/mol. The van der Waals surface area contributed by atoms with Gasteiger partial charge in [0.05, 0.1) is 5.56 Å². The Hall–Kier alpha value is -1.19. The Bertz CT molecular complexity index is 465. The highest BCUT2D eigenvalue weighted by Crippen LogP contribution is 2.44. The molecule has 20 heavy (non-hydrogen) atoms. The topological polar surface area (TPSA) is 12.0 Å².